The molecular formula is C16H13ClN2O2. The maximum atomic E-state index is 12.1. The number of hydrogen-bond donors (Lipinski definition) is 2. The van der Waals surface area contributed by atoms with E-state index in [2.05, 4.69) is 10.6 Å². The van der Waals surface area contributed by atoms with Crippen molar-refractivity contribution in [2.75, 3.05) is 5.32 Å². The number of halogens is 1. The van der Waals surface area contributed by atoms with Gasteiger partial charge in [-0.1, -0.05) is 41.9 Å². The van der Waals surface area contributed by atoms with E-state index in [0.29, 0.717) is 5.02 Å². The average molecular weight is 301 g/mol. The molecule has 1 atom stereocenters. The van der Waals surface area contributed by atoms with Crippen LogP contribution in [0.5, 0.6) is 0 Å². The number of rotatable bonds is 3. The molecule has 0 aliphatic carbocycles. The van der Waals surface area contributed by atoms with Gasteiger partial charge in [-0.2, -0.15) is 0 Å². The highest BCUT2D eigenvalue weighted by molar-refractivity contribution is 6.30. The molecule has 0 radical (unpaired) electrons. The summed E-state index contributed by atoms with van der Waals surface area (Å²) in [5.74, 6) is -0.426. The second-order valence-electron chi connectivity index (χ2n) is 4.88. The van der Waals surface area contributed by atoms with E-state index >= 15 is 0 Å². The summed E-state index contributed by atoms with van der Waals surface area (Å²) in [5, 5.41) is 6.10. The van der Waals surface area contributed by atoms with Gasteiger partial charge >= 0.3 is 0 Å². The normalized spacial score (nSPS) is 16.2. The molecule has 1 heterocycles. The molecule has 2 N–H and O–H groups in total. The van der Waals surface area contributed by atoms with Gasteiger partial charge in [-0.15, -0.1) is 0 Å². The van der Waals surface area contributed by atoms with Gasteiger partial charge in [0.2, 0.25) is 5.91 Å². The van der Waals surface area contributed by atoms with Gasteiger partial charge < -0.3 is 10.6 Å². The van der Waals surface area contributed by atoms with Gasteiger partial charge in [0.1, 0.15) is 6.04 Å². The molecule has 4 nitrogen and oxygen atoms in total. The number of amides is 2. The maximum absolute atomic E-state index is 12.1. The Morgan fingerprint density at radius 1 is 1.19 bits per heavy atom. The zero-order valence-electron chi connectivity index (χ0n) is 11.1. The summed E-state index contributed by atoms with van der Waals surface area (Å²) in [6, 6.07) is 13.8. The third-order valence-electron chi connectivity index (χ3n) is 3.35. The molecule has 0 spiro atoms. The fourth-order valence-corrected chi connectivity index (χ4v) is 2.61. The Kier molecular flexibility index (Phi) is 3.62. The Morgan fingerprint density at radius 2 is 2.00 bits per heavy atom. The third kappa shape index (κ3) is 2.90. The number of benzene rings is 2. The molecule has 106 valence electrons. The predicted molar refractivity (Wildman–Crippen MR) is 81.1 cm³/mol. The first-order valence-corrected chi connectivity index (χ1v) is 6.95. The van der Waals surface area contributed by atoms with Gasteiger partial charge in [0.25, 0.3) is 5.91 Å². The molecular weight excluding hydrogens is 288 g/mol. The highest BCUT2D eigenvalue weighted by atomic mass is 35.5. The van der Waals surface area contributed by atoms with Crippen LogP contribution in [-0.2, 0) is 16.0 Å². The molecule has 1 aliphatic rings. The second kappa shape index (κ2) is 5.58. The highest BCUT2D eigenvalue weighted by Gasteiger charge is 2.31. The minimum atomic E-state index is -0.632. The summed E-state index contributed by atoms with van der Waals surface area (Å²) in [7, 11) is 0. The first-order chi connectivity index (χ1) is 10.1. The summed E-state index contributed by atoms with van der Waals surface area (Å²) >= 11 is 5.89. The smallest absolute Gasteiger partial charge is 0.251 e. The maximum Gasteiger partial charge on any atom is 0.251 e. The van der Waals surface area contributed by atoms with Crippen molar-refractivity contribution in [1.82, 2.24) is 5.32 Å². The number of hydrogen-bond acceptors (Lipinski definition) is 2. The lowest BCUT2D eigenvalue weighted by atomic mass is 10.1. The quantitative estimate of drug-likeness (QED) is 0.915. The van der Waals surface area contributed by atoms with Crippen LogP contribution in [0, 0.1) is 0 Å². The van der Waals surface area contributed by atoms with Gasteiger partial charge in [-0.3, -0.25) is 9.59 Å². The Labute approximate surface area is 127 Å². The lowest BCUT2D eigenvalue weighted by Gasteiger charge is -2.11. The predicted octanol–water partition coefficient (Wildman–Crippen LogP) is 2.69. The van der Waals surface area contributed by atoms with Crippen LogP contribution < -0.4 is 10.6 Å². The van der Waals surface area contributed by atoms with Gasteiger partial charge in [0, 0.05) is 16.3 Å². The van der Waals surface area contributed by atoms with Crippen molar-refractivity contribution in [3.8, 4) is 0 Å². The van der Waals surface area contributed by atoms with Crippen LogP contribution in [-0.4, -0.2) is 11.8 Å². The second-order valence-corrected chi connectivity index (χ2v) is 5.32. The molecule has 2 aromatic carbocycles. The zero-order chi connectivity index (χ0) is 14.8. The van der Waals surface area contributed by atoms with Gasteiger partial charge in [-0.05, 0) is 23.8 Å². The van der Waals surface area contributed by atoms with Crippen LogP contribution in [0.2, 0.25) is 5.02 Å². The number of carbonyl (C=O) groups is 2. The van der Waals surface area contributed by atoms with Crippen molar-refractivity contribution in [3.63, 3.8) is 0 Å². The minimum absolute atomic E-state index is 0.187. The standard InChI is InChI=1S/C16H13ClN2O2/c17-11-5-3-4-10(8-11)9-14(20)19-15-12-6-1-2-7-13(12)18-16(15)21/h1-8,15H,9H2,(H,18,21)(H,19,20). The molecule has 5 heteroatoms. The summed E-state index contributed by atoms with van der Waals surface area (Å²) in [6.45, 7) is 0. The molecule has 0 saturated carbocycles. The molecule has 0 fully saturated rings. The number of para-hydroxylation sites is 1. The zero-order valence-corrected chi connectivity index (χ0v) is 11.9. The third-order valence-corrected chi connectivity index (χ3v) is 3.59. The Bertz CT molecular complexity index is 715. The van der Waals surface area contributed by atoms with Crippen LogP contribution in [0.1, 0.15) is 17.2 Å². The van der Waals surface area contributed by atoms with E-state index in [1.165, 1.54) is 0 Å². The van der Waals surface area contributed by atoms with E-state index in [4.69, 9.17) is 11.6 Å². The number of carbonyl (C=O) groups excluding carboxylic acids is 2. The average Bonchev–Trinajstić information content (AvgIpc) is 2.75. The van der Waals surface area contributed by atoms with Gasteiger partial charge in [-0.25, -0.2) is 0 Å². The fraction of sp³-hybridized carbons (Fsp3) is 0.125. The molecule has 1 unspecified atom stereocenters. The summed E-state index contributed by atoms with van der Waals surface area (Å²) < 4.78 is 0. The van der Waals surface area contributed by atoms with Crippen LogP contribution in [0.15, 0.2) is 48.5 Å². The van der Waals surface area contributed by atoms with Crippen LogP contribution in [0.4, 0.5) is 5.69 Å². The van der Waals surface area contributed by atoms with Crippen LogP contribution >= 0.6 is 11.6 Å². The van der Waals surface area contributed by atoms with Crippen molar-refractivity contribution < 1.29 is 9.59 Å². The highest BCUT2D eigenvalue weighted by Crippen LogP contribution is 2.30. The van der Waals surface area contributed by atoms with Crippen molar-refractivity contribution in [3.05, 3.63) is 64.7 Å². The first-order valence-electron chi connectivity index (χ1n) is 6.57. The number of nitrogens with one attached hydrogen (secondary N) is 2. The number of anilines is 1. The SMILES string of the molecule is O=C(Cc1cccc(Cl)c1)NC1C(=O)Nc2ccccc21. The van der Waals surface area contributed by atoms with E-state index in [9.17, 15) is 9.59 Å². The minimum Gasteiger partial charge on any atom is -0.340 e. The van der Waals surface area contributed by atoms with E-state index in [0.717, 1.165) is 16.8 Å². The first kappa shape index (κ1) is 13.6. The van der Waals surface area contributed by atoms with Crippen molar-refractivity contribution in [2.24, 2.45) is 0 Å². The molecule has 3 rings (SSSR count). The molecule has 1 aliphatic heterocycles. The lowest BCUT2D eigenvalue weighted by Crippen LogP contribution is -2.33. The van der Waals surface area contributed by atoms with E-state index in [-0.39, 0.29) is 18.2 Å². The van der Waals surface area contributed by atoms with E-state index < -0.39 is 6.04 Å². The summed E-state index contributed by atoms with van der Waals surface area (Å²) in [6.07, 6.45) is 0.187. The monoisotopic (exact) mass is 300 g/mol. The molecule has 2 amide bonds. The molecule has 2 aromatic rings. The number of fused-ring (bicyclic) bond motifs is 1. The van der Waals surface area contributed by atoms with Crippen molar-refractivity contribution in [1.29, 1.82) is 0 Å². The topological polar surface area (TPSA) is 58.2 Å². The largest absolute Gasteiger partial charge is 0.340 e. The van der Waals surface area contributed by atoms with Crippen molar-refractivity contribution >= 4 is 29.1 Å². The molecule has 0 aromatic heterocycles. The Hall–Kier alpha value is -2.33. The summed E-state index contributed by atoms with van der Waals surface area (Å²) in [4.78, 5) is 24.0. The fourth-order valence-electron chi connectivity index (χ4n) is 2.40. The lowest BCUT2D eigenvalue weighted by molar-refractivity contribution is -0.125. The van der Waals surface area contributed by atoms with Crippen LogP contribution in [0.3, 0.4) is 0 Å². The molecule has 0 bridgehead atoms. The Morgan fingerprint density at radius 3 is 2.81 bits per heavy atom. The van der Waals surface area contributed by atoms with Crippen molar-refractivity contribution in [2.45, 2.75) is 12.5 Å². The summed E-state index contributed by atoms with van der Waals surface area (Å²) in [5.41, 5.74) is 2.35. The van der Waals surface area contributed by atoms with Gasteiger partial charge in [0.05, 0.1) is 6.42 Å². The van der Waals surface area contributed by atoms with E-state index in [1.807, 2.05) is 30.3 Å². The van der Waals surface area contributed by atoms with Gasteiger partial charge in [0.15, 0.2) is 0 Å². The Balaban J connectivity index is 1.72. The molecule has 21 heavy (non-hydrogen) atoms. The van der Waals surface area contributed by atoms with E-state index in [1.54, 1.807) is 18.2 Å². The van der Waals surface area contributed by atoms with Crippen LogP contribution in [0.25, 0.3) is 0 Å². The molecule has 0 saturated heterocycles.